The van der Waals surface area contributed by atoms with E-state index in [1.165, 1.54) is 16.6 Å². The summed E-state index contributed by atoms with van der Waals surface area (Å²) >= 11 is 1.74. The van der Waals surface area contributed by atoms with Crippen molar-refractivity contribution in [3.63, 3.8) is 0 Å². The fraction of sp³-hybridized carbons (Fsp3) is 0.385. The molecular weight excluding hydrogens is 290 g/mol. The summed E-state index contributed by atoms with van der Waals surface area (Å²) in [5.74, 6) is 0.817. The van der Waals surface area contributed by atoms with Crippen molar-refractivity contribution in [2.45, 2.75) is 19.9 Å². The second-order valence-corrected chi connectivity index (χ2v) is 5.73. The molecule has 21 heavy (non-hydrogen) atoms. The molecule has 0 atom stereocenters. The molecule has 0 aromatic carbocycles. The average molecular weight is 305 g/mol. The monoisotopic (exact) mass is 305 g/mol. The molecule has 3 rings (SSSR count). The van der Waals surface area contributed by atoms with Gasteiger partial charge in [0.2, 0.25) is 11.8 Å². The minimum atomic E-state index is -0.422. The maximum Gasteiger partial charge on any atom is 0.329 e. The van der Waals surface area contributed by atoms with Crippen LogP contribution in [0.4, 0.5) is 17.5 Å². The Labute approximate surface area is 125 Å². The van der Waals surface area contributed by atoms with E-state index >= 15 is 0 Å². The molecule has 0 saturated heterocycles. The SMILES string of the molecule is CCNc1ncc([N+](=O)[O-])c(N2CCc3sccc3C2)n1. The topological polar surface area (TPSA) is 84.2 Å². The lowest BCUT2D eigenvalue weighted by Crippen LogP contribution is -2.31. The van der Waals surface area contributed by atoms with Gasteiger partial charge in [-0.2, -0.15) is 4.98 Å². The molecular formula is C13H15N5O2S. The number of hydrogen-bond acceptors (Lipinski definition) is 7. The highest BCUT2D eigenvalue weighted by atomic mass is 32.1. The van der Waals surface area contributed by atoms with Gasteiger partial charge in [0.15, 0.2) is 0 Å². The molecule has 2 aromatic rings. The third-order valence-electron chi connectivity index (χ3n) is 3.39. The molecule has 0 fully saturated rings. The highest BCUT2D eigenvalue weighted by Gasteiger charge is 2.26. The minimum Gasteiger partial charge on any atom is -0.354 e. The predicted molar refractivity (Wildman–Crippen MR) is 81.9 cm³/mol. The van der Waals surface area contributed by atoms with Crippen molar-refractivity contribution in [1.29, 1.82) is 0 Å². The normalized spacial score (nSPS) is 13.9. The van der Waals surface area contributed by atoms with Crippen molar-refractivity contribution in [2.75, 3.05) is 23.3 Å². The van der Waals surface area contributed by atoms with Gasteiger partial charge in [-0.05, 0) is 30.4 Å². The number of anilines is 2. The number of nitrogens with one attached hydrogen (secondary N) is 1. The third kappa shape index (κ3) is 2.66. The maximum absolute atomic E-state index is 11.2. The van der Waals surface area contributed by atoms with Gasteiger partial charge in [-0.15, -0.1) is 11.3 Å². The Morgan fingerprint density at radius 2 is 2.43 bits per heavy atom. The number of fused-ring (bicyclic) bond motifs is 1. The van der Waals surface area contributed by atoms with E-state index in [4.69, 9.17) is 0 Å². The van der Waals surface area contributed by atoms with E-state index < -0.39 is 4.92 Å². The van der Waals surface area contributed by atoms with Gasteiger partial charge in [-0.25, -0.2) is 4.98 Å². The summed E-state index contributed by atoms with van der Waals surface area (Å²) in [7, 11) is 0. The van der Waals surface area contributed by atoms with Gasteiger partial charge >= 0.3 is 5.69 Å². The molecule has 0 saturated carbocycles. The molecule has 1 aliphatic heterocycles. The van der Waals surface area contributed by atoms with Crippen LogP contribution in [0.3, 0.4) is 0 Å². The van der Waals surface area contributed by atoms with E-state index in [1.807, 2.05) is 11.8 Å². The van der Waals surface area contributed by atoms with Crippen molar-refractivity contribution >= 4 is 28.8 Å². The maximum atomic E-state index is 11.2. The molecule has 1 aliphatic rings. The number of rotatable bonds is 4. The summed E-state index contributed by atoms with van der Waals surface area (Å²) < 4.78 is 0. The van der Waals surface area contributed by atoms with Crippen molar-refractivity contribution < 1.29 is 4.92 Å². The molecule has 0 unspecified atom stereocenters. The lowest BCUT2D eigenvalue weighted by Gasteiger charge is -2.27. The number of nitrogens with zero attached hydrogens (tertiary/aromatic N) is 4. The highest BCUT2D eigenvalue weighted by molar-refractivity contribution is 7.10. The van der Waals surface area contributed by atoms with Gasteiger partial charge in [-0.1, -0.05) is 0 Å². The lowest BCUT2D eigenvalue weighted by atomic mass is 10.1. The quantitative estimate of drug-likeness (QED) is 0.690. The Kier molecular flexibility index (Phi) is 3.70. The van der Waals surface area contributed by atoms with E-state index in [1.54, 1.807) is 11.3 Å². The van der Waals surface area contributed by atoms with Gasteiger partial charge in [0, 0.05) is 24.5 Å². The van der Waals surface area contributed by atoms with Crippen LogP contribution in [0.2, 0.25) is 0 Å². The van der Waals surface area contributed by atoms with Gasteiger partial charge in [0.05, 0.1) is 4.92 Å². The van der Waals surface area contributed by atoms with Crippen LogP contribution in [0.15, 0.2) is 17.6 Å². The molecule has 0 radical (unpaired) electrons. The fourth-order valence-electron chi connectivity index (χ4n) is 2.40. The number of nitro groups is 1. The summed E-state index contributed by atoms with van der Waals surface area (Å²) in [5, 5.41) is 16.3. The third-order valence-corrected chi connectivity index (χ3v) is 4.41. The van der Waals surface area contributed by atoms with Crippen molar-refractivity contribution in [3.05, 3.63) is 38.2 Å². The summed E-state index contributed by atoms with van der Waals surface area (Å²) in [6.07, 6.45) is 2.17. The van der Waals surface area contributed by atoms with E-state index in [0.29, 0.717) is 24.9 Å². The Morgan fingerprint density at radius 1 is 1.57 bits per heavy atom. The first kappa shape index (κ1) is 13.7. The van der Waals surface area contributed by atoms with Crippen LogP contribution < -0.4 is 10.2 Å². The molecule has 0 spiro atoms. The van der Waals surface area contributed by atoms with Crippen LogP contribution in [0, 0.1) is 10.1 Å². The first-order chi connectivity index (χ1) is 10.2. The first-order valence-corrected chi connectivity index (χ1v) is 7.62. The van der Waals surface area contributed by atoms with Crippen LogP contribution in [0.25, 0.3) is 0 Å². The molecule has 3 heterocycles. The van der Waals surface area contributed by atoms with E-state index in [9.17, 15) is 10.1 Å². The van der Waals surface area contributed by atoms with E-state index in [2.05, 4.69) is 26.7 Å². The van der Waals surface area contributed by atoms with Crippen LogP contribution in [-0.2, 0) is 13.0 Å². The zero-order valence-corrected chi connectivity index (χ0v) is 12.4. The number of thiophene rings is 1. The van der Waals surface area contributed by atoms with E-state index in [-0.39, 0.29) is 5.69 Å². The highest BCUT2D eigenvalue weighted by Crippen LogP contribution is 2.32. The smallest absolute Gasteiger partial charge is 0.329 e. The second-order valence-electron chi connectivity index (χ2n) is 4.73. The van der Waals surface area contributed by atoms with Crippen LogP contribution in [0.5, 0.6) is 0 Å². The zero-order valence-electron chi connectivity index (χ0n) is 11.6. The lowest BCUT2D eigenvalue weighted by molar-refractivity contribution is -0.384. The Hall–Kier alpha value is -2.22. The zero-order chi connectivity index (χ0) is 14.8. The average Bonchev–Trinajstić information content (AvgIpc) is 2.94. The van der Waals surface area contributed by atoms with Crippen LogP contribution in [0.1, 0.15) is 17.4 Å². The Morgan fingerprint density at radius 3 is 3.19 bits per heavy atom. The summed E-state index contributed by atoms with van der Waals surface area (Å²) in [6, 6.07) is 2.07. The molecule has 1 N–H and O–H groups in total. The van der Waals surface area contributed by atoms with Crippen LogP contribution >= 0.6 is 11.3 Å². The Balaban J connectivity index is 1.96. The molecule has 2 aromatic heterocycles. The van der Waals surface area contributed by atoms with Crippen molar-refractivity contribution in [2.24, 2.45) is 0 Å². The molecule has 0 amide bonds. The van der Waals surface area contributed by atoms with Gasteiger partial charge < -0.3 is 10.2 Å². The predicted octanol–water partition coefficient (Wildman–Crippen LogP) is 2.44. The fourth-order valence-corrected chi connectivity index (χ4v) is 3.29. The summed E-state index contributed by atoms with van der Waals surface area (Å²) in [6.45, 7) is 3.99. The molecule has 8 heteroatoms. The van der Waals surface area contributed by atoms with Gasteiger partial charge in [0.25, 0.3) is 0 Å². The van der Waals surface area contributed by atoms with Crippen LogP contribution in [-0.4, -0.2) is 28.0 Å². The van der Waals surface area contributed by atoms with Gasteiger partial charge in [-0.3, -0.25) is 10.1 Å². The minimum absolute atomic E-state index is 0.0460. The van der Waals surface area contributed by atoms with Crippen molar-refractivity contribution in [3.8, 4) is 0 Å². The standard InChI is InChI=1S/C13H15N5O2S/c1-2-14-13-15-7-10(18(19)20)12(16-13)17-5-3-11-9(8-17)4-6-21-11/h4,6-7H,2-3,5,8H2,1H3,(H,14,15,16). The Bertz CT molecular complexity index is 672. The summed E-state index contributed by atoms with van der Waals surface area (Å²) in [5.41, 5.74) is 1.18. The number of aromatic nitrogens is 2. The largest absolute Gasteiger partial charge is 0.354 e. The summed E-state index contributed by atoms with van der Waals surface area (Å²) in [4.78, 5) is 22.4. The second kappa shape index (κ2) is 5.65. The van der Waals surface area contributed by atoms with Crippen molar-refractivity contribution in [1.82, 2.24) is 9.97 Å². The molecule has 7 nitrogen and oxygen atoms in total. The van der Waals surface area contributed by atoms with Gasteiger partial charge in [0.1, 0.15) is 6.20 Å². The molecule has 0 bridgehead atoms. The molecule has 110 valence electrons. The van der Waals surface area contributed by atoms with E-state index in [0.717, 1.165) is 13.0 Å². The molecule has 0 aliphatic carbocycles. The first-order valence-electron chi connectivity index (χ1n) is 6.74. The number of hydrogen-bond donors (Lipinski definition) is 1.